The van der Waals surface area contributed by atoms with Crippen molar-refractivity contribution in [2.24, 2.45) is 10.7 Å². The fourth-order valence-corrected chi connectivity index (χ4v) is 2.70. The molecule has 0 aromatic heterocycles. The summed E-state index contributed by atoms with van der Waals surface area (Å²) < 4.78 is 0. The first kappa shape index (κ1) is 13.0. The van der Waals surface area contributed by atoms with Gasteiger partial charge in [-0.2, -0.15) is 0 Å². The van der Waals surface area contributed by atoms with Gasteiger partial charge in [0, 0.05) is 11.6 Å². The van der Waals surface area contributed by atoms with Crippen LogP contribution < -0.4 is 5.73 Å². The van der Waals surface area contributed by atoms with Crippen molar-refractivity contribution in [2.75, 3.05) is 6.54 Å². The van der Waals surface area contributed by atoms with E-state index in [2.05, 4.69) is 28.1 Å². The summed E-state index contributed by atoms with van der Waals surface area (Å²) in [6, 6.07) is 18.3. The number of hydrogen-bond donors (Lipinski definition) is 1. The van der Waals surface area contributed by atoms with E-state index in [0.29, 0.717) is 12.5 Å². The molecule has 1 aliphatic heterocycles. The van der Waals surface area contributed by atoms with Crippen LogP contribution in [0.5, 0.6) is 0 Å². The summed E-state index contributed by atoms with van der Waals surface area (Å²) in [7, 11) is 0. The number of nitrogens with two attached hydrogens (primary N) is 1. The fraction of sp³-hybridized carbons (Fsp3) is 0.188. The summed E-state index contributed by atoms with van der Waals surface area (Å²) in [4.78, 5) is 6.50. The largest absolute Gasteiger partial charge is 0.370 e. The molecule has 4 heteroatoms. The average molecular weight is 286 g/mol. The Morgan fingerprint density at radius 2 is 1.95 bits per heavy atom. The molecule has 102 valence electrons. The molecular weight excluding hydrogens is 270 g/mol. The van der Waals surface area contributed by atoms with Gasteiger partial charge in [-0.1, -0.05) is 54.1 Å². The van der Waals surface area contributed by atoms with E-state index < -0.39 is 0 Å². The van der Waals surface area contributed by atoms with E-state index in [9.17, 15) is 0 Å². The monoisotopic (exact) mass is 285 g/mol. The highest BCUT2D eigenvalue weighted by Crippen LogP contribution is 2.28. The van der Waals surface area contributed by atoms with Gasteiger partial charge in [-0.05, 0) is 23.3 Å². The third kappa shape index (κ3) is 2.63. The predicted molar refractivity (Wildman–Crippen MR) is 82.7 cm³/mol. The van der Waals surface area contributed by atoms with Crippen LogP contribution >= 0.6 is 11.6 Å². The lowest BCUT2D eigenvalue weighted by Gasteiger charge is -2.26. The molecule has 3 nitrogen and oxygen atoms in total. The number of rotatable bonds is 3. The first-order chi connectivity index (χ1) is 9.74. The van der Waals surface area contributed by atoms with Gasteiger partial charge in [0.1, 0.15) is 0 Å². The number of benzene rings is 2. The van der Waals surface area contributed by atoms with Crippen LogP contribution in [0.25, 0.3) is 0 Å². The van der Waals surface area contributed by atoms with Gasteiger partial charge in [0.05, 0.1) is 12.6 Å². The third-order valence-corrected chi connectivity index (χ3v) is 3.76. The lowest BCUT2D eigenvalue weighted by atomic mass is 10.1. The van der Waals surface area contributed by atoms with Gasteiger partial charge >= 0.3 is 0 Å². The van der Waals surface area contributed by atoms with Crippen molar-refractivity contribution in [3.63, 3.8) is 0 Å². The lowest BCUT2D eigenvalue weighted by molar-refractivity contribution is 0.340. The zero-order valence-electron chi connectivity index (χ0n) is 11.0. The maximum absolute atomic E-state index is 6.08. The quantitative estimate of drug-likeness (QED) is 0.941. The number of guanidine groups is 1. The summed E-state index contributed by atoms with van der Waals surface area (Å²) in [5, 5.41) is 0.743. The molecule has 0 saturated heterocycles. The molecule has 0 radical (unpaired) electrons. The van der Waals surface area contributed by atoms with Crippen LogP contribution in [0.1, 0.15) is 17.2 Å². The number of nitrogens with zero attached hydrogens (tertiary/aromatic N) is 2. The molecule has 3 rings (SSSR count). The minimum absolute atomic E-state index is 0.161. The second kappa shape index (κ2) is 5.55. The molecule has 1 heterocycles. The number of hydrogen-bond acceptors (Lipinski definition) is 3. The van der Waals surface area contributed by atoms with Crippen LogP contribution in [-0.4, -0.2) is 17.4 Å². The van der Waals surface area contributed by atoms with E-state index in [1.54, 1.807) is 0 Å². The first-order valence-electron chi connectivity index (χ1n) is 6.60. The third-order valence-electron chi connectivity index (χ3n) is 3.53. The van der Waals surface area contributed by atoms with Crippen LogP contribution in [0.3, 0.4) is 0 Å². The summed E-state index contributed by atoms with van der Waals surface area (Å²) in [5.41, 5.74) is 8.41. The van der Waals surface area contributed by atoms with Crippen LogP contribution in [0.4, 0.5) is 0 Å². The normalized spacial score (nSPS) is 18.1. The van der Waals surface area contributed by atoms with Crippen LogP contribution in [-0.2, 0) is 6.54 Å². The average Bonchev–Trinajstić information content (AvgIpc) is 2.82. The van der Waals surface area contributed by atoms with Crippen LogP contribution in [0, 0.1) is 0 Å². The maximum atomic E-state index is 6.08. The van der Waals surface area contributed by atoms with Crippen molar-refractivity contribution in [3.8, 4) is 0 Å². The molecule has 1 aliphatic rings. The summed E-state index contributed by atoms with van der Waals surface area (Å²) in [6.07, 6.45) is 0. The second-order valence-corrected chi connectivity index (χ2v) is 5.32. The fourth-order valence-electron chi connectivity index (χ4n) is 2.50. The van der Waals surface area contributed by atoms with Gasteiger partial charge in [0.15, 0.2) is 5.96 Å². The van der Waals surface area contributed by atoms with Crippen molar-refractivity contribution in [3.05, 3.63) is 70.7 Å². The lowest BCUT2D eigenvalue weighted by Crippen LogP contribution is -2.35. The molecule has 0 saturated carbocycles. The Balaban J connectivity index is 1.85. The Morgan fingerprint density at radius 3 is 2.70 bits per heavy atom. The molecule has 2 aromatic carbocycles. The predicted octanol–water partition coefficient (Wildman–Crippen LogP) is 3.21. The van der Waals surface area contributed by atoms with Crippen LogP contribution in [0.15, 0.2) is 59.6 Å². The Bertz CT molecular complexity index is 625. The van der Waals surface area contributed by atoms with E-state index in [-0.39, 0.29) is 6.04 Å². The Kier molecular flexibility index (Phi) is 3.61. The smallest absolute Gasteiger partial charge is 0.192 e. The van der Waals surface area contributed by atoms with Gasteiger partial charge in [-0.15, -0.1) is 0 Å². The molecule has 1 unspecified atom stereocenters. The first-order valence-corrected chi connectivity index (χ1v) is 6.98. The maximum Gasteiger partial charge on any atom is 0.192 e. The van der Waals surface area contributed by atoms with Gasteiger partial charge in [0.25, 0.3) is 0 Å². The zero-order chi connectivity index (χ0) is 13.9. The van der Waals surface area contributed by atoms with Crippen molar-refractivity contribution in [2.45, 2.75) is 12.6 Å². The highest BCUT2D eigenvalue weighted by molar-refractivity contribution is 6.30. The molecule has 2 aromatic rings. The molecule has 1 atom stereocenters. The van der Waals surface area contributed by atoms with Crippen molar-refractivity contribution in [1.82, 2.24) is 4.90 Å². The molecule has 0 aliphatic carbocycles. The second-order valence-electron chi connectivity index (χ2n) is 4.88. The zero-order valence-corrected chi connectivity index (χ0v) is 11.8. The minimum atomic E-state index is 0.161. The van der Waals surface area contributed by atoms with Crippen molar-refractivity contribution < 1.29 is 0 Å². The molecule has 2 N–H and O–H groups in total. The van der Waals surface area contributed by atoms with Gasteiger partial charge < -0.3 is 10.6 Å². The minimum Gasteiger partial charge on any atom is -0.370 e. The topological polar surface area (TPSA) is 41.6 Å². The SMILES string of the molecule is NC1=NCC(c2cccc(Cl)c2)N1Cc1ccccc1. The Labute approximate surface area is 123 Å². The van der Waals surface area contributed by atoms with Crippen molar-refractivity contribution in [1.29, 1.82) is 0 Å². The van der Waals surface area contributed by atoms with Crippen LogP contribution in [0.2, 0.25) is 5.02 Å². The number of aliphatic imine (C=N–C) groups is 1. The summed E-state index contributed by atoms with van der Waals surface area (Å²) >= 11 is 6.08. The molecule has 0 bridgehead atoms. The van der Waals surface area contributed by atoms with E-state index >= 15 is 0 Å². The summed E-state index contributed by atoms with van der Waals surface area (Å²) in [6.45, 7) is 1.44. The molecular formula is C16H16ClN3. The van der Waals surface area contributed by atoms with Crippen molar-refractivity contribution >= 4 is 17.6 Å². The molecule has 0 fully saturated rings. The van der Waals surface area contributed by atoms with E-state index in [0.717, 1.165) is 17.1 Å². The molecule has 0 amide bonds. The number of halogens is 1. The van der Waals surface area contributed by atoms with Gasteiger partial charge in [-0.3, -0.25) is 4.99 Å². The Morgan fingerprint density at radius 1 is 1.15 bits per heavy atom. The van der Waals surface area contributed by atoms with E-state index in [4.69, 9.17) is 17.3 Å². The van der Waals surface area contributed by atoms with Gasteiger partial charge in [0.2, 0.25) is 0 Å². The Hall–Kier alpha value is -2.00. The highest BCUT2D eigenvalue weighted by atomic mass is 35.5. The molecule has 20 heavy (non-hydrogen) atoms. The van der Waals surface area contributed by atoms with E-state index in [1.165, 1.54) is 5.56 Å². The summed E-state index contributed by atoms with van der Waals surface area (Å²) in [5.74, 6) is 0.596. The molecule has 0 spiro atoms. The highest BCUT2D eigenvalue weighted by Gasteiger charge is 2.27. The van der Waals surface area contributed by atoms with Gasteiger partial charge in [-0.25, -0.2) is 0 Å². The standard InChI is InChI=1S/C16H16ClN3/c17-14-8-4-7-13(9-14)15-10-19-16(18)20(15)11-12-5-2-1-3-6-12/h1-9,15H,10-11H2,(H2,18,19). The van der Waals surface area contributed by atoms with E-state index in [1.807, 2.05) is 36.4 Å².